The highest BCUT2D eigenvalue weighted by atomic mass is 16.7. The quantitative estimate of drug-likeness (QED) is 0.809. The van der Waals surface area contributed by atoms with Gasteiger partial charge in [0.2, 0.25) is 12.7 Å². The minimum absolute atomic E-state index is 0.00137. The number of carbonyl (C=O) groups excluding carboxylic acids is 1. The molecule has 2 rings (SSSR count). The Labute approximate surface area is 100 Å². The van der Waals surface area contributed by atoms with Crippen molar-refractivity contribution in [3.05, 3.63) is 29.8 Å². The zero-order valence-electron chi connectivity index (χ0n) is 9.73. The zero-order chi connectivity index (χ0) is 12.1. The molecule has 4 heteroatoms. The number of nitrogens with one attached hydrogen (secondary N) is 1. The van der Waals surface area contributed by atoms with Crippen LogP contribution in [0.25, 0.3) is 6.08 Å². The highest BCUT2D eigenvalue weighted by Crippen LogP contribution is 2.32. The number of rotatable bonds is 4. The van der Waals surface area contributed by atoms with Crippen molar-refractivity contribution in [2.45, 2.75) is 13.3 Å². The second-order valence-electron chi connectivity index (χ2n) is 3.79. The maximum atomic E-state index is 10.6. The van der Waals surface area contributed by atoms with Crippen molar-refractivity contribution in [1.82, 2.24) is 5.32 Å². The molecule has 17 heavy (non-hydrogen) atoms. The molecule has 0 spiro atoms. The molecule has 0 aliphatic carbocycles. The fourth-order valence-corrected chi connectivity index (χ4v) is 1.57. The van der Waals surface area contributed by atoms with Crippen LogP contribution in [-0.4, -0.2) is 19.2 Å². The van der Waals surface area contributed by atoms with Crippen molar-refractivity contribution >= 4 is 12.0 Å². The Hall–Kier alpha value is -1.97. The van der Waals surface area contributed by atoms with Gasteiger partial charge in [0.1, 0.15) is 0 Å². The minimum Gasteiger partial charge on any atom is -0.454 e. The Morgan fingerprint density at radius 1 is 1.41 bits per heavy atom. The van der Waals surface area contributed by atoms with Crippen molar-refractivity contribution in [2.24, 2.45) is 0 Å². The maximum Gasteiger partial charge on any atom is 0.231 e. The molecule has 1 aliphatic heterocycles. The van der Waals surface area contributed by atoms with Crippen LogP contribution >= 0.6 is 0 Å². The lowest BCUT2D eigenvalue weighted by Crippen LogP contribution is -2.20. The molecular weight excluding hydrogens is 218 g/mol. The van der Waals surface area contributed by atoms with Gasteiger partial charge in [-0.05, 0) is 24.1 Å². The molecule has 1 aromatic carbocycles. The molecule has 0 aromatic heterocycles. The lowest BCUT2D eigenvalue weighted by molar-refractivity contribution is -0.118. The fourth-order valence-electron chi connectivity index (χ4n) is 1.57. The summed E-state index contributed by atoms with van der Waals surface area (Å²) in [5, 5.41) is 2.74. The van der Waals surface area contributed by atoms with E-state index in [1.54, 1.807) is 0 Å². The van der Waals surface area contributed by atoms with E-state index in [2.05, 4.69) is 5.32 Å². The topological polar surface area (TPSA) is 47.6 Å². The van der Waals surface area contributed by atoms with E-state index in [0.717, 1.165) is 23.5 Å². The van der Waals surface area contributed by atoms with Gasteiger partial charge in [-0.15, -0.1) is 0 Å². The maximum absolute atomic E-state index is 10.6. The van der Waals surface area contributed by atoms with E-state index < -0.39 is 0 Å². The molecule has 1 heterocycles. The van der Waals surface area contributed by atoms with Crippen LogP contribution < -0.4 is 14.8 Å². The van der Waals surface area contributed by atoms with Gasteiger partial charge < -0.3 is 14.8 Å². The van der Waals surface area contributed by atoms with Crippen LogP contribution in [-0.2, 0) is 4.79 Å². The first-order chi connectivity index (χ1) is 8.25. The standard InChI is InChI=1S/C13H15NO3/c1-10(15)14-7-3-2-4-11-5-6-12-13(8-11)17-9-16-12/h2,4-6,8H,3,7,9H2,1H3,(H,14,15). The van der Waals surface area contributed by atoms with Gasteiger partial charge in [-0.1, -0.05) is 18.2 Å². The Morgan fingerprint density at radius 3 is 3.06 bits per heavy atom. The third kappa shape index (κ3) is 3.24. The molecule has 0 radical (unpaired) electrons. The summed E-state index contributed by atoms with van der Waals surface area (Å²) < 4.78 is 10.5. The van der Waals surface area contributed by atoms with Gasteiger partial charge in [0.25, 0.3) is 0 Å². The van der Waals surface area contributed by atoms with Gasteiger partial charge in [-0.25, -0.2) is 0 Å². The van der Waals surface area contributed by atoms with Crippen LogP contribution in [0.1, 0.15) is 18.9 Å². The predicted molar refractivity (Wildman–Crippen MR) is 64.9 cm³/mol. The van der Waals surface area contributed by atoms with Crippen molar-refractivity contribution < 1.29 is 14.3 Å². The van der Waals surface area contributed by atoms with Crippen LogP contribution in [0.3, 0.4) is 0 Å². The molecule has 0 fully saturated rings. The Balaban J connectivity index is 1.86. The van der Waals surface area contributed by atoms with Crippen molar-refractivity contribution in [3.63, 3.8) is 0 Å². The van der Waals surface area contributed by atoms with Gasteiger partial charge in [0.05, 0.1) is 0 Å². The van der Waals surface area contributed by atoms with Crippen LogP contribution in [0.2, 0.25) is 0 Å². The highest BCUT2D eigenvalue weighted by molar-refractivity contribution is 5.72. The first-order valence-electron chi connectivity index (χ1n) is 5.56. The van der Waals surface area contributed by atoms with Crippen molar-refractivity contribution in [3.8, 4) is 11.5 Å². The molecule has 0 unspecified atom stereocenters. The second kappa shape index (κ2) is 5.39. The Morgan fingerprint density at radius 2 is 2.24 bits per heavy atom. The summed E-state index contributed by atoms with van der Waals surface area (Å²) in [5.74, 6) is 1.58. The number of amides is 1. The number of fused-ring (bicyclic) bond motifs is 1. The van der Waals surface area contributed by atoms with Crippen molar-refractivity contribution in [2.75, 3.05) is 13.3 Å². The molecular formula is C13H15NO3. The van der Waals surface area contributed by atoms with E-state index in [-0.39, 0.29) is 5.91 Å². The van der Waals surface area contributed by atoms with Crippen LogP contribution in [0.15, 0.2) is 24.3 Å². The first kappa shape index (κ1) is 11.5. The van der Waals surface area contributed by atoms with E-state index >= 15 is 0 Å². The lowest BCUT2D eigenvalue weighted by Gasteiger charge is -1.98. The predicted octanol–water partition coefficient (Wildman–Crippen LogP) is 1.95. The number of benzene rings is 1. The van der Waals surface area contributed by atoms with Gasteiger partial charge in [-0.3, -0.25) is 4.79 Å². The second-order valence-corrected chi connectivity index (χ2v) is 3.79. The average molecular weight is 233 g/mol. The molecule has 1 amide bonds. The largest absolute Gasteiger partial charge is 0.454 e. The van der Waals surface area contributed by atoms with Crippen LogP contribution in [0.5, 0.6) is 11.5 Å². The molecule has 0 bridgehead atoms. The number of hydrogen-bond acceptors (Lipinski definition) is 3. The third-order valence-corrected chi connectivity index (χ3v) is 2.39. The summed E-state index contributed by atoms with van der Waals surface area (Å²) in [6, 6.07) is 5.81. The summed E-state index contributed by atoms with van der Waals surface area (Å²) in [6.45, 7) is 2.48. The highest BCUT2D eigenvalue weighted by Gasteiger charge is 2.11. The summed E-state index contributed by atoms with van der Waals surface area (Å²) in [4.78, 5) is 10.6. The Kier molecular flexibility index (Phi) is 3.65. The summed E-state index contributed by atoms with van der Waals surface area (Å²) in [5.41, 5.74) is 1.07. The van der Waals surface area contributed by atoms with E-state index in [1.807, 2.05) is 30.4 Å². The van der Waals surface area contributed by atoms with E-state index in [1.165, 1.54) is 6.92 Å². The summed E-state index contributed by atoms with van der Waals surface area (Å²) >= 11 is 0. The summed E-state index contributed by atoms with van der Waals surface area (Å²) in [7, 11) is 0. The smallest absolute Gasteiger partial charge is 0.231 e. The normalized spacial score (nSPS) is 13.0. The van der Waals surface area contributed by atoms with Crippen molar-refractivity contribution in [1.29, 1.82) is 0 Å². The minimum atomic E-state index is 0.00137. The average Bonchev–Trinajstić information content (AvgIpc) is 2.75. The number of hydrogen-bond donors (Lipinski definition) is 1. The number of carbonyl (C=O) groups is 1. The molecule has 0 saturated heterocycles. The molecule has 0 saturated carbocycles. The van der Waals surface area contributed by atoms with E-state index in [9.17, 15) is 4.79 Å². The van der Waals surface area contributed by atoms with Crippen LogP contribution in [0.4, 0.5) is 0 Å². The SMILES string of the molecule is CC(=O)NCCC=Cc1ccc2c(c1)OCO2. The van der Waals surface area contributed by atoms with Gasteiger partial charge in [0.15, 0.2) is 11.5 Å². The summed E-state index contributed by atoms with van der Waals surface area (Å²) in [6.07, 6.45) is 4.84. The lowest BCUT2D eigenvalue weighted by atomic mass is 10.2. The molecule has 90 valence electrons. The number of ether oxygens (including phenoxy) is 2. The monoisotopic (exact) mass is 233 g/mol. The third-order valence-electron chi connectivity index (χ3n) is 2.39. The molecule has 1 aliphatic rings. The van der Waals surface area contributed by atoms with Gasteiger partial charge in [-0.2, -0.15) is 0 Å². The van der Waals surface area contributed by atoms with Gasteiger partial charge >= 0.3 is 0 Å². The molecule has 4 nitrogen and oxygen atoms in total. The van der Waals surface area contributed by atoms with E-state index in [0.29, 0.717) is 13.3 Å². The zero-order valence-corrected chi connectivity index (χ0v) is 9.73. The first-order valence-corrected chi connectivity index (χ1v) is 5.56. The van der Waals surface area contributed by atoms with E-state index in [4.69, 9.17) is 9.47 Å². The Bertz CT molecular complexity index is 440. The molecule has 1 aromatic rings. The molecule has 1 N–H and O–H groups in total. The fraction of sp³-hybridized carbons (Fsp3) is 0.308. The van der Waals surface area contributed by atoms with Crippen LogP contribution in [0, 0.1) is 0 Å². The molecule has 0 atom stereocenters. The van der Waals surface area contributed by atoms with Gasteiger partial charge in [0, 0.05) is 13.5 Å².